The second-order valence-corrected chi connectivity index (χ2v) is 5.03. The molecule has 5 nitrogen and oxygen atoms in total. The summed E-state index contributed by atoms with van der Waals surface area (Å²) in [7, 11) is 0. The van der Waals surface area contributed by atoms with E-state index in [2.05, 4.69) is 15.3 Å². The second kappa shape index (κ2) is 7.53. The molecule has 122 valence electrons. The molecule has 2 aromatic rings. The molecule has 0 fully saturated rings. The highest BCUT2D eigenvalue weighted by Crippen LogP contribution is 2.22. The van der Waals surface area contributed by atoms with Gasteiger partial charge in [0.2, 0.25) is 0 Å². The molecule has 0 bridgehead atoms. The van der Waals surface area contributed by atoms with Crippen molar-refractivity contribution in [2.75, 3.05) is 11.9 Å². The van der Waals surface area contributed by atoms with E-state index in [1.54, 1.807) is 31.5 Å². The first kappa shape index (κ1) is 16.7. The van der Waals surface area contributed by atoms with Crippen molar-refractivity contribution in [3.05, 3.63) is 59.2 Å². The summed E-state index contributed by atoms with van der Waals surface area (Å²) in [4.78, 5) is 8.02. The fraction of sp³-hybridized carbons (Fsp3) is 0.250. The highest BCUT2D eigenvalue weighted by atomic mass is 19.3. The zero-order chi connectivity index (χ0) is 16.8. The van der Waals surface area contributed by atoms with Gasteiger partial charge in [-0.2, -0.15) is 0 Å². The number of hydrogen-bond acceptors (Lipinski definition) is 5. The smallest absolute Gasteiger partial charge is 0.316 e. The van der Waals surface area contributed by atoms with Gasteiger partial charge in [-0.3, -0.25) is 0 Å². The van der Waals surface area contributed by atoms with E-state index in [9.17, 15) is 8.78 Å². The van der Waals surface area contributed by atoms with Crippen molar-refractivity contribution >= 4 is 5.69 Å². The molecule has 0 aliphatic carbocycles. The zero-order valence-electron chi connectivity index (χ0n) is 12.9. The van der Waals surface area contributed by atoms with Gasteiger partial charge in [-0.05, 0) is 31.5 Å². The highest BCUT2D eigenvalue weighted by molar-refractivity contribution is 5.50. The lowest BCUT2D eigenvalue weighted by Crippen LogP contribution is -2.15. The summed E-state index contributed by atoms with van der Waals surface area (Å²) in [5, 5.41) is 2.98. The number of allylic oxidation sites excluding steroid dienone is 1. The number of nitrogens with zero attached hydrogens (tertiary/aromatic N) is 2. The number of nitrogens with one attached hydrogen (secondary N) is 1. The van der Waals surface area contributed by atoms with E-state index in [1.165, 1.54) is 12.1 Å². The van der Waals surface area contributed by atoms with Gasteiger partial charge in [-0.25, -0.2) is 18.7 Å². The van der Waals surface area contributed by atoms with Crippen LogP contribution in [-0.4, -0.2) is 16.6 Å². The van der Waals surface area contributed by atoms with Gasteiger partial charge < -0.3 is 15.8 Å². The summed E-state index contributed by atoms with van der Waals surface area (Å²) in [5.74, 6) is 0. The molecule has 0 unspecified atom stereocenters. The largest absolute Gasteiger partial charge is 0.457 e. The van der Waals surface area contributed by atoms with Crippen molar-refractivity contribution < 1.29 is 13.5 Å². The minimum atomic E-state index is -2.51. The molecule has 7 heteroatoms. The van der Waals surface area contributed by atoms with Crippen LogP contribution in [0.3, 0.4) is 0 Å². The van der Waals surface area contributed by atoms with Crippen LogP contribution in [0.5, 0.6) is 6.01 Å². The summed E-state index contributed by atoms with van der Waals surface area (Å²) >= 11 is 0. The summed E-state index contributed by atoms with van der Waals surface area (Å²) in [6.07, 6.45) is 0.771. The predicted molar refractivity (Wildman–Crippen MR) is 84.2 cm³/mol. The summed E-state index contributed by atoms with van der Waals surface area (Å²) in [5.41, 5.74) is 8.39. The Bertz CT molecular complexity index is 687. The lowest BCUT2D eigenvalue weighted by Gasteiger charge is -2.12. The minimum Gasteiger partial charge on any atom is -0.457 e. The number of hydrogen-bond donors (Lipinski definition) is 2. The number of nitrogens with two attached hydrogens (primary N) is 1. The number of aryl methyl sites for hydroxylation is 1. The maximum Gasteiger partial charge on any atom is 0.316 e. The average molecular weight is 320 g/mol. The molecule has 1 aromatic carbocycles. The van der Waals surface area contributed by atoms with Gasteiger partial charge in [0, 0.05) is 29.3 Å². The Labute approximate surface area is 133 Å². The molecule has 1 heterocycles. The lowest BCUT2D eigenvalue weighted by molar-refractivity contribution is 0.151. The van der Waals surface area contributed by atoms with Crippen molar-refractivity contribution in [1.82, 2.24) is 9.97 Å². The Kier molecular flexibility index (Phi) is 5.46. The van der Waals surface area contributed by atoms with Crippen LogP contribution in [0.1, 0.15) is 24.5 Å². The fourth-order valence-electron chi connectivity index (χ4n) is 1.75. The lowest BCUT2D eigenvalue weighted by atomic mass is 10.2. The maximum atomic E-state index is 12.7. The Morgan fingerprint density at radius 3 is 2.65 bits per heavy atom. The highest BCUT2D eigenvalue weighted by Gasteiger charge is 2.08. The monoisotopic (exact) mass is 320 g/mol. The quantitative estimate of drug-likeness (QED) is 0.853. The molecule has 1 aromatic heterocycles. The van der Waals surface area contributed by atoms with E-state index >= 15 is 0 Å². The molecular weight excluding hydrogens is 302 g/mol. The van der Waals surface area contributed by atoms with Gasteiger partial charge in [0.25, 0.3) is 6.43 Å². The number of aromatic nitrogens is 2. The first-order chi connectivity index (χ1) is 11.0. The standard InChI is InChI=1S/C16H18F2N4O/c1-10-7-20-16(21-8-10)23-9-14(19)11(2)22-13-5-3-4-12(6-13)15(17)18/h3-8,15,22H,9,19H2,1-2H3/b14-11-. The van der Waals surface area contributed by atoms with Crippen LogP contribution in [0.2, 0.25) is 0 Å². The Morgan fingerprint density at radius 2 is 2.00 bits per heavy atom. The molecule has 0 saturated carbocycles. The van der Waals surface area contributed by atoms with Crippen LogP contribution in [0.15, 0.2) is 48.1 Å². The third-order valence-corrected chi connectivity index (χ3v) is 3.07. The van der Waals surface area contributed by atoms with Gasteiger partial charge in [0.05, 0.1) is 5.70 Å². The summed E-state index contributed by atoms with van der Waals surface area (Å²) < 4.78 is 30.7. The minimum absolute atomic E-state index is 0.0503. The third-order valence-electron chi connectivity index (χ3n) is 3.07. The van der Waals surface area contributed by atoms with Crippen LogP contribution in [0.25, 0.3) is 0 Å². The molecule has 2 rings (SSSR count). The molecule has 23 heavy (non-hydrogen) atoms. The van der Waals surface area contributed by atoms with Crippen LogP contribution < -0.4 is 15.8 Å². The average Bonchev–Trinajstić information content (AvgIpc) is 2.54. The van der Waals surface area contributed by atoms with E-state index in [1.807, 2.05) is 6.92 Å². The van der Waals surface area contributed by atoms with Gasteiger partial charge >= 0.3 is 6.01 Å². The SMILES string of the molecule is C/C(Nc1cccc(C(F)F)c1)=C(/N)COc1ncc(C)cn1. The van der Waals surface area contributed by atoms with Crippen molar-refractivity contribution in [3.63, 3.8) is 0 Å². The molecule has 0 radical (unpaired) electrons. The normalized spacial score (nSPS) is 12.0. The van der Waals surface area contributed by atoms with Crippen molar-refractivity contribution in [1.29, 1.82) is 0 Å². The van der Waals surface area contributed by atoms with Crippen molar-refractivity contribution in [3.8, 4) is 6.01 Å². The van der Waals surface area contributed by atoms with Crippen LogP contribution in [-0.2, 0) is 0 Å². The van der Waals surface area contributed by atoms with E-state index in [0.29, 0.717) is 17.1 Å². The van der Waals surface area contributed by atoms with Crippen molar-refractivity contribution in [2.45, 2.75) is 20.3 Å². The number of halogens is 2. The molecule has 0 atom stereocenters. The molecule has 0 aliphatic heterocycles. The number of benzene rings is 1. The molecule has 0 aliphatic rings. The second-order valence-electron chi connectivity index (χ2n) is 5.03. The van der Waals surface area contributed by atoms with Gasteiger partial charge in [-0.15, -0.1) is 0 Å². The number of anilines is 1. The Balaban J connectivity index is 1.99. The van der Waals surface area contributed by atoms with Gasteiger partial charge in [0.1, 0.15) is 6.61 Å². The Morgan fingerprint density at radius 1 is 1.30 bits per heavy atom. The molecule has 3 N–H and O–H groups in total. The van der Waals surface area contributed by atoms with Gasteiger partial charge in [0.15, 0.2) is 0 Å². The van der Waals surface area contributed by atoms with Crippen LogP contribution in [0, 0.1) is 6.92 Å². The van der Waals surface area contributed by atoms with E-state index in [0.717, 1.165) is 5.56 Å². The summed E-state index contributed by atoms with van der Waals surface area (Å²) in [6, 6.07) is 6.23. The predicted octanol–water partition coefficient (Wildman–Crippen LogP) is 3.40. The molecule has 0 spiro atoms. The fourth-order valence-corrected chi connectivity index (χ4v) is 1.75. The first-order valence-corrected chi connectivity index (χ1v) is 6.97. The number of rotatable bonds is 6. The van der Waals surface area contributed by atoms with Crippen LogP contribution in [0.4, 0.5) is 14.5 Å². The third kappa shape index (κ3) is 4.91. The topological polar surface area (TPSA) is 73.1 Å². The van der Waals surface area contributed by atoms with E-state index in [4.69, 9.17) is 10.5 Å². The molecule has 0 saturated heterocycles. The van der Waals surface area contributed by atoms with E-state index in [-0.39, 0.29) is 18.2 Å². The molecular formula is C16H18F2N4O. The van der Waals surface area contributed by atoms with Gasteiger partial charge in [-0.1, -0.05) is 12.1 Å². The van der Waals surface area contributed by atoms with Crippen molar-refractivity contribution in [2.24, 2.45) is 5.73 Å². The maximum absolute atomic E-state index is 12.7. The summed E-state index contributed by atoms with van der Waals surface area (Å²) in [6.45, 7) is 3.71. The zero-order valence-corrected chi connectivity index (χ0v) is 12.9. The Hall–Kier alpha value is -2.70. The molecule has 0 amide bonds. The van der Waals surface area contributed by atoms with E-state index < -0.39 is 6.43 Å². The number of alkyl halides is 2. The van der Waals surface area contributed by atoms with Crippen LogP contribution >= 0.6 is 0 Å². The number of ether oxygens (including phenoxy) is 1. The first-order valence-electron chi connectivity index (χ1n) is 6.97.